The molecule has 0 atom stereocenters. The second kappa shape index (κ2) is 5.15. The van der Waals surface area contributed by atoms with Gasteiger partial charge in [0.2, 0.25) is 0 Å². The van der Waals surface area contributed by atoms with Gasteiger partial charge in [-0.1, -0.05) is 18.2 Å². The number of hydrogen-bond acceptors (Lipinski definition) is 2. The van der Waals surface area contributed by atoms with Gasteiger partial charge in [-0.05, 0) is 25.0 Å². The van der Waals surface area contributed by atoms with E-state index in [1.54, 1.807) is 24.4 Å². The van der Waals surface area contributed by atoms with E-state index in [-0.39, 0.29) is 11.9 Å². The second-order valence-corrected chi connectivity index (χ2v) is 4.96. The van der Waals surface area contributed by atoms with E-state index in [4.69, 9.17) is 0 Å². The second-order valence-electron chi connectivity index (χ2n) is 4.96. The summed E-state index contributed by atoms with van der Waals surface area (Å²) in [6.07, 6.45) is 0.652. The number of aromatic nitrogens is 1. The first-order valence-electron chi connectivity index (χ1n) is 6.59. The van der Waals surface area contributed by atoms with Gasteiger partial charge in [0.05, 0.1) is 17.6 Å². The van der Waals surface area contributed by atoms with Gasteiger partial charge in [0.15, 0.2) is 0 Å². The van der Waals surface area contributed by atoms with Crippen molar-refractivity contribution in [2.45, 2.75) is 25.3 Å². The van der Waals surface area contributed by atoms with Crippen molar-refractivity contribution in [3.63, 3.8) is 0 Å². The molecule has 3 nitrogen and oxygen atoms in total. The van der Waals surface area contributed by atoms with E-state index in [0.717, 1.165) is 12.8 Å². The molecule has 1 aliphatic carbocycles. The SMILES string of the molecule is O=C(c1ccnc2ccccc12)N(CC(F)F)C1CC1. The zero-order valence-corrected chi connectivity index (χ0v) is 10.8. The van der Waals surface area contributed by atoms with E-state index in [9.17, 15) is 13.6 Å². The van der Waals surface area contributed by atoms with E-state index in [0.29, 0.717) is 16.5 Å². The fraction of sp³-hybridized carbons (Fsp3) is 0.333. The van der Waals surface area contributed by atoms with E-state index in [2.05, 4.69) is 4.98 Å². The number of alkyl halides is 2. The Morgan fingerprint density at radius 2 is 2.05 bits per heavy atom. The lowest BCUT2D eigenvalue weighted by molar-refractivity contribution is 0.0536. The van der Waals surface area contributed by atoms with Crippen LogP contribution in [-0.4, -0.2) is 34.8 Å². The number of benzene rings is 1. The summed E-state index contributed by atoms with van der Waals surface area (Å²) in [5, 5.41) is 0.708. The van der Waals surface area contributed by atoms with E-state index in [1.165, 1.54) is 4.90 Å². The van der Waals surface area contributed by atoms with Crippen LogP contribution in [0.4, 0.5) is 8.78 Å². The van der Waals surface area contributed by atoms with Crippen molar-refractivity contribution in [1.82, 2.24) is 9.88 Å². The van der Waals surface area contributed by atoms with Crippen molar-refractivity contribution < 1.29 is 13.6 Å². The highest BCUT2D eigenvalue weighted by Gasteiger charge is 2.35. The highest BCUT2D eigenvalue weighted by Crippen LogP contribution is 2.30. The Bertz CT molecular complexity index is 635. The normalized spacial score (nSPS) is 14.8. The Labute approximate surface area is 115 Å². The molecule has 0 saturated heterocycles. The minimum absolute atomic E-state index is 0.0385. The number of para-hydroxylation sites is 1. The molecule has 0 radical (unpaired) electrons. The minimum atomic E-state index is -2.51. The van der Waals surface area contributed by atoms with Crippen LogP contribution >= 0.6 is 0 Å². The molecule has 1 saturated carbocycles. The van der Waals surface area contributed by atoms with Gasteiger partial charge in [0.25, 0.3) is 12.3 Å². The van der Waals surface area contributed by atoms with Crippen molar-refractivity contribution >= 4 is 16.8 Å². The van der Waals surface area contributed by atoms with Crippen molar-refractivity contribution in [3.8, 4) is 0 Å². The number of carbonyl (C=O) groups is 1. The number of rotatable bonds is 4. The smallest absolute Gasteiger partial charge is 0.255 e. The third kappa shape index (κ3) is 2.48. The zero-order chi connectivity index (χ0) is 14.1. The molecule has 0 N–H and O–H groups in total. The van der Waals surface area contributed by atoms with Crippen LogP contribution in [0.2, 0.25) is 0 Å². The molecule has 0 unspecified atom stereocenters. The predicted molar refractivity (Wildman–Crippen MR) is 71.8 cm³/mol. The Morgan fingerprint density at radius 3 is 2.75 bits per heavy atom. The third-order valence-electron chi connectivity index (χ3n) is 3.46. The molecular formula is C15H14F2N2O. The van der Waals surface area contributed by atoms with Crippen molar-refractivity contribution in [3.05, 3.63) is 42.1 Å². The predicted octanol–water partition coefficient (Wildman–Crippen LogP) is 3.10. The lowest BCUT2D eigenvalue weighted by Crippen LogP contribution is -2.37. The van der Waals surface area contributed by atoms with Crippen LogP contribution in [-0.2, 0) is 0 Å². The molecule has 1 aromatic heterocycles. The van der Waals surface area contributed by atoms with Crippen LogP contribution < -0.4 is 0 Å². The van der Waals surface area contributed by atoms with Gasteiger partial charge in [-0.2, -0.15) is 0 Å². The van der Waals surface area contributed by atoms with Crippen LogP contribution in [0, 0.1) is 0 Å². The number of amides is 1. The molecule has 0 aliphatic heterocycles. The maximum atomic E-state index is 12.7. The van der Waals surface area contributed by atoms with Gasteiger partial charge in [0, 0.05) is 17.6 Å². The molecule has 1 aromatic carbocycles. The molecule has 0 spiro atoms. The summed E-state index contributed by atoms with van der Waals surface area (Å²) in [5.74, 6) is -0.327. The third-order valence-corrected chi connectivity index (χ3v) is 3.46. The Balaban J connectivity index is 1.98. The fourth-order valence-corrected chi connectivity index (χ4v) is 2.37. The number of fused-ring (bicyclic) bond motifs is 1. The largest absolute Gasteiger partial charge is 0.330 e. The molecule has 1 heterocycles. The van der Waals surface area contributed by atoms with Crippen LogP contribution in [0.1, 0.15) is 23.2 Å². The van der Waals surface area contributed by atoms with Crippen molar-refractivity contribution in [2.75, 3.05) is 6.54 Å². The average Bonchev–Trinajstić information content (AvgIpc) is 3.28. The first-order valence-corrected chi connectivity index (χ1v) is 6.59. The number of hydrogen-bond donors (Lipinski definition) is 0. The summed E-state index contributed by atoms with van der Waals surface area (Å²) in [4.78, 5) is 18.0. The average molecular weight is 276 g/mol. The summed E-state index contributed by atoms with van der Waals surface area (Å²) in [6, 6.07) is 8.81. The minimum Gasteiger partial charge on any atom is -0.330 e. The van der Waals surface area contributed by atoms with Crippen LogP contribution in [0.25, 0.3) is 10.9 Å². The summed E-state index contributed by atoms with van der Waals surface area (Å²) < 4.78 is 25.3. The molecule has 3 rings (SSSR count). The highest BCUT2D eigenvalue weighted by atomic mass is 19.3. The summed E-state index contributed by atoms with van der Waals surface area (Å²) >= 11 is 0. The molecule has 1 amide bonds. The van der Waals surface area contributed by atoms with Gasteiger partial charge >= 0.3 is 0 Å². The highest BCUT2D eigenvalue weighted by molar-refractivity contribution is 6.06. The van der Waals surface area contributed by atoms with E-state index >= 15 is 0 Å². The maximum Gasteiger partial charge on any atom is 0.255 e. The zero-order valence-electron chi connectivity index (χ0n) is 10.8. The number of halogens is 2. The van der Waals surface area contributed by atoms with Crippen LogP contribution in [0.3, 0.4) is 0 Å². The molecule has 1 aliphatic rings. The van der Waals surface area contributed by atoms with Gasteiger partial charge in [-0.25, -0.2) is 8.78 Å². The number of pyridine rings is 1. The Hall–Kier alpha value is -2.04. The summed E-state index contributed by atoms with van der Waals surface area (Å²) in [7, 11) is 0. The molecule has 20 heavy (non-hydrogen) atoms. The Kier molecular flexibility index (Phi) is 3.34. The van der Waals surface area contributed by atoms with E-state index in [1.807, 2.05) is 12.1 Å². The Morgan fingerprint density at radius 1 is 1.30 bits per heavy atom. The monoisotopic (exact) mass is 276 g/mol. The number of carbonyl (C=O) groups excluding carboxylic acids is 1. The van der Waals surface area contributed by atoms with Gasteiger partial charge < -0.3 is 4.90 Å². The van der Waals surface area contributed by atoms with Gasteiger partial charge in [-0.15, -0.1) is 0 Å². The fourth-order valence-electron chi connectivity index (χ4n) is 2.37. The maximum absolute atomic E-state index is 12.7. The van der Waals surface area contributed by atoms with Crippen molar-refractivity contribution in [2.24, 2.45) is 0 Å². The number of nitrogens with zero attached hydrogens (tertiary/aromatic N) is 2. The van der Waals surface area contributed by atoms with Gasteiger partial charge in [-0.3, -0.25) is 9.78 Å². The molecule has 104 valence electrons. The van der Waals surface area contributed by atoms with Crippen LogP contribution in [0.15, 0.2) is 36.5 Å². The summed E-state index contributed by atoms with van der Waals surface area (Å²) in [5.41, 5.74) is 1.15. The first kappa shape index (κ1) is 13.0. The van der Waals surface area contributed by atoms with Crippen molar-refractivity contribution in [1.29, 1.82) is 0 Å². The lowest BCUT2D eigenvalue weighted by atomic mass is 10.1. The lowest BCUT2D eigenvalue weighted by Gasteiger charge is -2.22. The quantitative estimate of drug-likeness (QED) is 0.859. The molecule has 2 aromatic rings. The van der Waals surface area contributed by atoms with Crippen LogP contribution in [0.5, 0.6) is 0 Å². The molecule has 0 bridgehead atoms. The van der Waals surface area contributed by atoms with E-state index < -0.39 is 13.0 Å². The topological polar surface area (TPSA) is 33.2 Å². The molecular weight excluding hydrogens is 262 g/mol. The van der Waals surface area contributed by atoms with Gasteiger partial charge in [0.1, 0.15) is 0 Å². The summed E-state index contributed by atoms with van der Waals surface area (Å²) in [6.45, 7) is -0.500. The molecule has 1 fully saturated rings. The standard InChI is InChI=1S/C15H14F2N2O/c16-14(17)9-19(10-5-6-10)15(20)12-7-8-18-13-4-2-1-3-11(12)13/h1-4,7-8,10,14H,5-6,9H2. The first-order chi connectivity index (χ1) is 9.66. The molecule has 5 heteroatoms.